The van der Waals surface area contributed by atoms with Crippen molar-refractivity contribution in [1.82, 2.24) is 5.32 Å². The Labute approximate surface area is 228 Å². The van der Waals surface area contributed by atoms with Gasteiger partial charge in [-0.1, -0.05) is 73.4 Å². The Morgan fingerprint density at radius 1 is 1.14 bits per heavy atom. The summed E-state index contributed by atoms with van der Waals surface area (Å²) in [5.41, 5.74) is 3.71. The molecular weight excluding hydrogens is 521 g/mol. The molecule has 1 heterocycles. The van der Waals surface area contributed by atoms with Crippen LogP contribution in [0.2, 0.25) is 0 Å². The van der Waals surface area contributed by atoms with Crippen molar-refractivity contribution in [2.45, 2.75) is 51.5 Å². The Balaban J connectivity index is 1.69. The molecule has 0 spiro atoms. The van der Waals surface area contributed by atoms with E-state index in [2.05, 4.69) is 85.3 Å². The van der Waals surface area contributed by atoms with Crippen molar-refractivity contribution in [2.75, 3.05) is 12.3 Å². The average Bonchev–Trinajstić information content (AvgIpc) is 3.15. The van der Waals surface area contributed by atoms with E-state index in [0.717, 1.165) is 39.6 Å². The quantitative estimate of drug-likeness (QED) is 0.176. The highest BCUT2D eigenvalue weighted by Gasteiger charge is 2.27. The largest absolute Gasteiger partial charge is 0.748 e. The minimum atomic E-state index is -4.23. The smallest absolute Gasteiger partial charge is 0.263 e. The molecular formula is C29H34N2O3S3. The summed E-state index contributed by atoms with van der Waals surface area (Å²) in [5.74, 6) is -0.353. The van der Waals surface area contributed by atoms with Crippen LogP contribution in [0.4, 0.5) is 0 Å². The van der Waals surface area contributed by atoms with E-state index >= 15 is 0 Å². The number of thiazole rings is 1. The first kappa shape index (κ1) is 27.6. The van der Waals surface area contributed by atoms with Crippen LogP contribution in [0.5, 0.6) is 0 Å². The number of aromatic nitrogens is 1. The maximum Gasteiger partial charge on any atom is 0.263 e. The molecule has 37 heavy (non-hydrogen) atoms. The Morgan fingerprint density at radius 3 is 2.59 bits per heavy atom. The van der Waals surface area contributed by atoms with Gasteiger partial charge in [0.15, 0.2) is 6.54 Å². The maximum atomic E-state index is 11.2. The van der Waals surface area contributed by atoms with Crippen molar-refractivity contribution in [2.24, 2.45) is 5.41 Å². The third-order valence-electron chi connectivity index (χ3n) is 6.10. The Hall–Kier alpha value is -2.39. The summed E-state index contributed by atoms with van der Waals surface area (Å²) in [6.07, 6.45) is 9.05. The van der Waals surface area contributed by atoms with Gasteiger partial charge in [0.2, 0.25) is 5.52 Å². The topological polar surface area (TPSA) is 73.1 Å². The van der Waals surface area contributed by atoms with Gasteiger partial charge in [-0.2, -0.15) is 4.57 Å². The zero-order valence-corrected chi connectivity index (χ0v) is 24.0. The monoisotopic (exact) mass is 554 g/mol. The normalized spacial score (nSPS) is 17.2. The van der Waals surface area contributed by atoms with E-state index in [4.69, 9.17) is 0 Å². The van der Waals surface area contributed by atoms with Crippen LogP contribution in [-0.4, -0.2) is 25.3 Å². The Bertz CT molecular complexity index is 1440. The van der Waals surface area contributed by atoms with Crippen LogP contribution in [0.25, 0.3) is 16.3 Å². The van der Waals surface area contributed by atoms with Crippen LogP contribution < -0.4 is 9.88 Å². The molecule has 5 nitrogen and oxygen atoms in total. The predicted molar refractivity (Wildman–Crippen MR) is 154 cm³/mol. The number of para-hydroxylation sites is 1. The predicted octanol–water partition coefficient (Wildman–Crippen LogP) is 6.50. The number of benzene rings is 2. The van der Waals surface area contributed by atoms with Gasteiger partial charge in [0.05, 0.1) is 15.1 Å². The van der Waals surface area contributed by atoms with Crippen molar-refractivity contribution >= 4 is 49.5 Å². The number of thioether (sulfide) groups is 1. The molecule has 0 saturated carbocycles. The molecule has 1 aliphatic rings. The summed E-state index contributed by atoms with van der Waals surface area (Å²) < 4.78 is 36.9. The Morgan fingerprint density at radius 2 is 1.86 bits per heavy atom. The highest BCUT2D eigenvalue weighted by molar-refractivity contribution is 8.03. The highest BCUT2D eigenvalue weighted by atomic mass is 32.2. The van der Waals surface area contributed by atoms with Gasteiger partial charge < -0.3 is 9.87 Å². The Kier molecular flexibility index (Phi) is 8.95. The lowest BCUT2D eigenvalue weighted by atomic mass is 9.75. The van der Waals surface area contributed by atoms with Crippen LogP contribution in [0.15, 0.2) is 87.8 Å². The molecule has 0 amide bonds. The van der Waals surface area contributed by atoms with E-state index in [1.807, 2.05) is 18.2 Å². The molecule has 4 rings (SSSR count). The van der Waals surface area contributed by atoms with Crippen LogP contribution in [0, 0.1) is 5.41 Å². The molecule has 3 aromatic rings. The summed E-state index contributed by atoms with van der Waals surface area (Å²) in [6.45, 7) is 8.06. The minimum Gasteiger partial charge on any atom is -0.748 e. The first-order valence-electron chi connectivity index (χ1n) is 12.6. The number of rotatable bonds is 10. The van der Waals surface area contributed by atoms with E-state index in [-0.39, 0.29) is 11.2 Å². The van der Waals surface area contributed by atoms with Gasteiger partial charge in [-0.15, -0.1) is 0 Å². The molecule has 0 bridgehead atoms. The summed E-state index contributed by atoms with van der Waals surface area (Å²) in [6, 6.07) is 18.5. The van der Waals surface area contributed by atoms with E-state index in [9.17, 15) is 13.0 Å². The molecule has 1 N–H and O–H groups in total. The highest BCUT2D eigenvalue weighted by Crippen LogP contribution is 2.40. The summed E-state index contributed by atoms with van der Waals surface area (Å²) >= 11 is 3.44. The molecule has 0 saturated heterocycles. The van der Waals surface area contributed by atoms with Crippen molar-refractivity contribution in [1.29, 1.82) is 0 Å². The molecule has 1 aromatic heterocycles. The molecule has 8 heteroatoms. The molecule has 0 unspecified atom stereocenters. The first-order chi connectivity index (χ1) is 17.6. The second kappa shape index (κ2) is 12.0. The fourth-order valence-electron chi connectivity index (χ4n) is 4.72. The second-order valence-electron chi connectivity index (χ2n) is 10.1. The number of nitrogens with one attached hydrogen (secondary N) is 1. The number of nitrogens with zero attached hydrogens (tertiary/aromatic N) is 1. The number of allylic oxidation sites excluding steroid dienone is 4. The standard InChI is InChI=1S/C29H34N2O3S3/c1-4-30-27(35-24-11-6-5-7-12-24)18-22-17-23(21-29(2,3)20-22)19-28-31(15-10-16-37(32,33)34)25-13-8-9-14-26(25)36-28/h5-9,11-14,17-19H,4,10,15-16,20-21H2,1-3H3,(H,32,33,34). The molecule has 0 fully saturated rings. The van der Waals surface area contributed by atoms with Gasteiger partial charge in [-0.05, 0) is 60.6 Å². The van der Waals surface area contributed by atoms with Crippen molar-refractivity contribution in [3.05, 3.63) is 87.9 Å². The zero-order chi connectivity index (χ0) is 26.5. The van der Waals surface area contributed by atoms with Crippen LogP contribution in [0.1, 0.15) is 45.0 Å². The third kappa shape index (κ3) is 8.04. The van der Waals surface area contributed by atoms with Gasteiger partial charge in [0.25, 0.3) is 5.01 Å². The molecule has 1 aliphatic carbocycles. The second-order valence-corrected chi connectivity index (χ2v) is 13.8. The van der Waals surface area contributed by atoms with Crippen LogP contribution in [0.3, 0.4) is 0 Å². The average molecular weight is 555 g/mol. The van der Waals surface area contributed by atoms with E-state index in [1.54, 1.807) is 23.1 Å². The first-order valence-corrected chi connectivity index (χ1v) is 15.8. The number of fused-ring (bicyclic) bond motifs is 1. The molecule has 0 radical (unpaired) electrons. The molecule has 0 atom stereocenters. The van der Waals surface area contributed by atoms with Crippen molar-refractivity contribution in [3.63, 3.8) is 0 Å². The van der Waals surface area contributed by atoms with E-state index in [0.29, 0.717) is 13.0 Å². The van der Waals surface area contributed by atoms with Crippen LogP contribution in [-0.2, 0) is 16.7 Å². The number of hydrogen-bond donors (Lipinski definition) is 1. The molecule has 2 aromatic carbocycles. The van der Waals surface area contributed by atoms with E-state index in [1.165, 1.54) is 16.0 Å². The van der Waals surface area contributed by atoms with Crippen molar-refractivity contribution < 1.29 is 17.5 Å². The maximum absolute atomic E-state index is 11.2. The van der Waals surface area contributed by atoms with Gasteiger partial charge >= 0.3 is 0 Å². The van der Waals surface area contributed by atoms with Gasteiger partial charge in [-0.25, -0.2) is 8.42 Å². The SMILES string of the molecule is CCN/C(=C/C1=CC(=C/c2sc3ccccc3[n+]2CCCS(=O)(=O)[O-])/CC(C)(C)C1)Sc1ccccc1. The summed E-state index contributed by atoms with van der Waals surface area (Å²) in [5, 5.41) is 5.72. The fraction of sp³-hybridized carbons (Fsp3) is 0.345. The number of aryl methyl sites for hydroxylation is 1. The van der Waals surface area contributed by atoms with Crippen LogP contribution >= 0.6 is 23.1 Å². The van der Waals surface area contributed by atoms with Gasteiger partial charge in [-0.3, -0.25) is 0 Å². The summed E-state index contributed by atoms with van der Waals surface area (Å²) in [7, 11) is -4.23. The number of hydrogen-bond acceptors (Lipinski definition) is 6. The molecule has 196 valence electrons. The van der Waals surface area contributed by atoms with Gasteiger partial charge in [0.1, 0.15) is 4.70 Å². The lowest BCUT2D eigenvalue weighted by Crippen LogP contribution is -2.36. The minimum absolute atomic E-state index is 0.110. The third-order valence-corrected chi connectivity index (χ3v) is 8.99. The van der Waals surface area contributed by atoms with Crippen molar-refractivity contribution in [3.8, 4) is 0 Å². The molecule has 0 aliphatic heterocycles. The lowest BCUT2D eigenvalue weighted by molar-refractivity contribution is -0.668. The zero-order valence-electron chi connectivity index (χ0n) is 21.6. The van der Waals surface area contributed by atoms with Gasteiger partial charge in [0, 0.05) is 35.8 Å². The fourth-order valence-corrected chi connectivity index (χ4v) is 7.34. The van der Waals surface area contributed by atoms with E-state index < -0.39 is 10.1 Å². The lowest BCUT2D eigenvalue weighted by Gasteiger charge is -2.30. The summed E-state index contributed by atoms with van der Waals surface area (Å²) in [4.78, 5) is 1.20.